The maximum atomic E-state index is 12.5. The van der Waals surface area contributed by atoms with Crippen LogP contribution in [0.2, 0.25) is 10.0 Å². The van der Waals surface area contributed by atoms with Gasteiger partial charge in [0.1, 0.15) is 0 Å². The number of benzene rings is 2. The Balaban J connectivity index is 1.53. The zero-order valence-corrected chi connectivity index (χ0v) is 16.7. The number of nitrogens with zero attached hydrogens (tertiary/aromatic N) is 2. The molecule has 4 nitrogen and oxygen atoms in total. The van der Waals surface area contributed by atoms with Crippen LogP contribution in [0.1, 0.15) is 23.2 Å². The van der Waals surface area contributed by atoms with E-state index in [4.69, 9.17) is 28.2 Å². The molecule has 0 aliphatic carbocycles. The van der Waals surface area contributed by atoms with Gasteiger partial charge in [-0.25, -0.2) is 4.98 Å². The van der Waals surface area contributed by atoms with Gasteiger partial charge in [-0.3, -0.25) is 4.79 Å². The molecular weight excluding hydrogens is 401 g/mol. The Morgan fingerprint density at radius 1 is 1.07 bits per heavy atom. The lowest BCUT2D eigenvalue weighted by Gasteiger charge is -2.12. The number of aromatic nitrogens is 1. The van der Waals surface area contributed by atoms with Gasteiger partial charge in [0.15, 0.2) is 5.13 Å². The Kier molecular flexibility index (Phi) is 5.34. The number of carbonyl (C=O) groups excluding carboxylic acids is 1. The third-order valence-corrected chi connectivity index (χ3v) is 5.75. The molecular formula is C20H17Cl2N3OS. The second kappa shape index (κ2) is 7.89. The third-order valence-electron chi connectivity index (χ3n) is 4.41. The van der Waals surface area contributed by atoms with Crippen LogP contribution in [0.3, 0.4) is 0 Å². The largest absolute Gasteiger partial charge is 0.348 e. The molecule has 2 heterocycles. The lowest BCUT2D eigenvalue weighted by atomic mass is 10.1. The molecule has 0 spiro atoms. The SMILES string of the molecule is O=C(Nc1cccc(-c2csc(N3CCCC3)n2)c1)c1cc(Cl)cc(Cl)c1. The normalized spacial score (nSPS) is 13.8. The van der Waals surface area contributed by atoms with Gasteiger partial charge in [0.2, 0.25) is 0 Å². The number of nitrogens with one attached hydrogen (secondary N) is 1. The minimum atomic E-state index is -0.257. The molecule has 1 saturated heterocycles. The van der Waals surface area contributed by atoms with Gasteiger partial charge in [-0.05, 0) is 43.2 Å². The average Bonchev–Trinajstić information content (AvgIpc) is 3.33. The van der Waals surface area contributed by atoms with Crippen LogP contribution in [0.4, 0.5) is 10.8 Å². The Morgan fingerprint density at radius 2 is 1.81 bits per heavy atom. The van der Waals surface area contributed by atoms with Gasteiger partial charge in [0.25, 0.3) is 5.91 Å². The van der Waals surface area contributed by atoms with Crippen molar-refractivity contribution in [1.82, 2.24) is 4.98 Å². The molecule has 1 amide bonds. The molecule has 1 aromatic heterocycles. The van der Waals surface area contributed by atoms with Gasteiger partial charge in [-0.2, -0.15) is 0 Å². The fourth-order valence-electron chi connectivity index (χ4n) is 3.09. The number of hydrogen-bond acceptors (Lipinski definition) is 4. The molecule has 1 fully saturated rings. The molecule has 2 aromatic carbocycles. The highest BCUT2D eigenvalue weighted by atomic mass is 35.5. The highest BCUT2D eigenvalue weighted by Crippen LogP contribution is 2.30. The third kappa shape index (κ3) is 4.26. The molecule has 138 valence electrons. The van der Waals surface area contributed by atoms with Gasteiger partial charge < -0.3 is 10.2 Å². The minimum Gasteiger partial charge on any atom is -0.348 e. The fourth-order valence-corrected chi connectivity index (χ4v) is 4.51. The summed E-state index contributed by atoms with van der Waals surface area (Å²) in [5, 5.41) is 6.87. The summed E-state index contributed by atoms with van der Waals surface area (Å²) in [5.41, 5.74) is 3.01. The smallest absolute Gasteiger partial charge is 0.255 e. The molecule has 0 unspecified atom stereocenters. The number of halogens is 2. The first-order valence-electron chi connectivity index (χ1n) is 8.67. The molecule has 3 aromatic rings. The summed E-state index contributed by atoms with van der Waals surface area (Å²) in [6.45, 7) is 2.15. The number of carbonyl (C=O) groups is 1. The standard InChI is InChI=1S/C20H17Cl2N3OS/c21-15-8-14(9-16(22)11-15)19(26)23-17-5-3-4-13(10-17)18-12-27-20(24-18)25-6-1-2-7-25/h3-5,8-12H,1-2,6-7H2,(H,23,26). The molecule has 27 heavy (non-hydrogen) atoms. The minimum absolute atomic E-state index is 0.257. The van der Waals surface area contributed by atoms with Crippen LogP contribution in [0, 0.1) is 0 Å². The first-order valence-corrected chi connectivity index (χ1v) is 10.3. The monoisotopic (exact) mass is 417 g/mol. The zero-order chi connectivity index (χ0) is 18.8. The van der Waals surface area contributed by atoms with Crippen molar-refractivity contribution in [3.05, 3.63) is 63.5 Å². The second-order valence-electron chi connectivity index (χ2n) is 6.40. The summed E-state index contributed by atoms with van der Waals surface area (Å²) in [6.07, 6.45) is 2.45. The van der Waals surface area contributed by atoms with Crippen molar-refractivity contribution in [2.45, 2.75) is 12.8 Å². The van der Waals surface area contributed by atoms with Gasteiger partial charge in [-0.15, -0.1) is 11.3 Å². The van der Waals surface area contributed by atoms with Crippen molar-refractivity contribution < 1.29 is 4.79 Å². The summed E-state index contributed by atoms with van der Waals surface area (Å²) < 4.78 is 0. The van der Waals surface area contributed by atoms with Crippen LogP contribution in [0.15, 0.2) is 47.8 Å². The Bertz CT molecular complexity index is 963. The molecule has 0 bridgehead atoms. The van der Waals surface area contributed by atoms with E-state index < -0.39 is 0 Å². The second-order valence-corrected chi connectivity index (χ2v) is 8.11. The van der Waals surface area contributed by atoms with E-state index in [-0.39, 0.29) is 5.91 Å². The molecule has 1 aliphatic rings. The highest BCUT2D eigenvalue weighted by molar-refractivity contribution is 7.14. The van der Waals surface area contributed by atoms with E-state index in [1.54, 1.807) is 29.5 Å². The van der Waals surface area contributed by atoms with E-state index >= 15 is 0 Å². The molecule has 1 aliphatic heterocycles. The van der Waals surface area contributed by atoms with Gasteiger partial charge >= 0.3 is 0 Å². The van der Waals surface area contributed by atoms with Crippen molar-refractivity contribution in [3.8, 4) is 11.3 Å². The first kappa shape index (κ1) is 18.3. The molecule has 0 atom stereocenters. The van der Waals surface area contributed by atoms with Gasteiger partial charge in [0.05, 0.1) is 5.69 Å². The molecule has 4 rings (SSSR count). The van der Waals surface area contributed by atoms with E-state index in [9.17, 15) is 4.79 Å². The summed E-state index contributed by atoms with van der Waals surface area (Å²) in [5.74, 6) is -0.257. The van der Waals surface area contributed by atoms with Crippen LogP contribution in [0.25, 0.3) is 11.3 Å². The van der Waals surface area contributed by atoms with Crippen molar-refractivity contribution in [2.75, 3.05) is 23.3 Å². The van der Waals surface area contributed by atoms with E-state index in [1.807, 2.05) is 24.3 Å². The molecule has 0 saturated carbocycles. The number of anilines is 2. The summed E-state index contributed by atoms with van der Waals surface area (Å²) in [4.78, 5) is 19.6. The zero-order valence-electron chi connectivity index (χ0n) is 14.4. The number of amides is 1. The van der Waals surface area contributed by atoms with Crippen molar-refractivity contribution >= 4 is 51.3 Å². The Labute approximate surface area is 171 Å². The van der Waals surface area contributed by atoms with Crippen molar-refractivity contribution in [2.24, 2.45) is 0 Å². The van der Waals surface area contributed by atoms with Crippen molar-refractivity contribution in [3.63, 3.8) is 0 Å². The maximum absolute atomic E-state index is 12.5. The molecule has 1 N–H and O–H groups in total. The van der Waals surface area contributed by atoms with E-state index in [0.717, 1.165) is 29.5 Å². The Morgan fingerprint density at radius 3 is 2.56 bits per heavy atom. The van der Waals surface area contributed by atoms with E-state index in [1.165, 1.54) is 12.8 Å². The lowest BCUT2D eigenvalue weighted by Crippen LogP contribution is -2.17. The fraction of sp³-hybridized carbons (Fsp3) is 0.200. The van der Waals surface area contributed by atoms with Crippen LogP contribution in [0.5, 0.6) is 0 Å². The van der Waals surface area contributed by atoms with Gasteiger partial charge in [0, 0.05) is 45.3 Å². The Hall–Kier alpha value is -2.08. The topological polar surface area (TPSA) is 45.2 Å². The van der Waals surface area contributed by atoms with Crippen LogP contribution < -0.4 is 10.2 Å². The first-order chi connectivity index (χ1) is 13.1. The molecule has 7 heteroatoms. The van der Waals surface area contributed by atoms with Crippen LogP contribution in [-0.2, 0) is 0 Å². The quantitative estimate of drug-likeness (QED) is 0.568. The van der Waals surface area contributed by atoms with Gasteiger partial charge in [-0.1, -0.05) is 35.3 Å². The van der Waals surface area contributed by atoms with Crippen LogP contribution in [-0.4, -0.2) is 24.0 Å². The van der Waals surface area contributed by atoms with Crippen molar-refractivity contribution in [1.29, 1.82) is 0 Å². The summed E-state index contributed by atoms with van der Waals surface area (Å²) in [7, 11) is 0. The maximum Gasteiger partial charge on any atom is 0.255 e. The predicted molar refractivity (Wildman–Crippen MR) is 113 cm³/mol. The average molecular weight is 418 g/mol. The summed E-state index contributed by atoms with van der Waals surface area (Å²) >= 11 is 13.6. The lowest BCUT2D eigenvalue weighted by molar-refractivity contribution is 0.102. The summed E-state index contributed by atoms with van der Waals surface area (Å²) in [6, 6.07) is 12.5. The number of rotatable bonds is 4. The predicted octanol–water partition coefficient (Wildman–Crippen LogP) is 5.97. The number of hydrogen-bond donors (Lipinski definition) is 1. The highest BCUT2D eigenvalue weighted by Gasteiger charge is 2.16. The molecule has 0 radical (unpaired) electrons. The van der Waals surface area contributed by atoms with Crippen LogP contribution >= 0.6 is 34.5 Å². The van der Waals surface area contributed by atoms with E-state index in [0.29, 0.717) is 21.3 Å². The van der Waals surface area contributed by atoms with E-state index in [2.05, 4.69) is 15.6 Å². The number of thiazole rings is 1.